The number of benzene rings is 2. The van der Waals surface area contributed by atoms with Crippen molar-refractivity contribution in [2.24, 2.45) is 5.73 Å². The molecule has 5 nitrogen and oxygen atoms in total. The van der Waals surface area contributed by atoms with Crippen LogP contribution < -0.4 is 10.5 Å². The maximum Gasteiger partial charge on any atom is 0.243 e. The number of hydrogen-bond donors (Lipinski definition) is 1. The molecule has 0 bridgehead atoms. The van der Waals surface area contributed by atoms with Crippen molar-refractivity contribution in [3.8, 4) is 5.75 Å². The number of rotatable bonds is 4. The lowest BCUT2D eigenvalue weighted by atomic mass is 10.1. The molecule has 0 amide bonds. The maximum atomic E-state index is 13.2. The van der Waals surface area contributed by atoms with Crippen LogP contribution in [-0.4, -0.2) is 39.0 Å². The van der Waals surface area contributed by atoms with Crippen LogP contribution in [0.5, 0.6) is 5.75 Å². The number of nitrogens with zero attached hydrogens (tertiary/aromatic N) is 1. The van der Waals surface area contributed by atoms with E-state index in [9.17, 15) is 8.42 Å². The molecule has 1 atom stereocenters. The summed E-state index contributed by atoms with van der Waals surface area (Å²) in [7, 11) is -1.99. The molecule has 2 aromatic rings. The molecule has 1 heterocycles. The highest BCUT2D eigenvalue weighted by atomic mass is 32.2. The Morgan fingerprint density at radius 1 is 1.17 bits per heavy atom. The Hall–Kier alpha value is -1.63. The lowest BCUT2D eigenvalue weighted by molar-refractivity contribution is 0.258. The number of nitrogens with two attached hydrogens (primary N) is 1. The topological polar surface area (TPSA) is 72.6 Å². The molecule has 1 aliphatic rings. The molecule has 6 heteroatoms. The third-order valence-electron chi connectivity index (χ3n) is 4.50. The zero-order valence-electron chi connectivity index (χ0n) is 13.2. The Bertz CT molecular complexity index is 805. The van der Waals surface area contributed by atoms with E-state index in [1.54, 1.807) is 23.5 Å². The van der Waals surface area contributed by atoms with Crippen LogP contribution in [0.1, 0.15) is 19.3 Å². The molecule has 0 aliphatic carbocycles. The number of hydrogen-bond acceptors (Lipinski definition) is 4. The Morgan fingerprint density at radius 2 is 1.91 bits per heavy atom. The van der Waals surface area contributed by atoms with Gasteiger partial charge in [0.25, 0.3) is 0 Å². The van der Waals surface area contributed by atoms with Gasteiger partial charge in [-0.2, -0.15) is 4.31 Å². The summed E-state index contributed by atoms with van der Waals surface area (Å²) in [5, 5.41) is 1.49. The summed E-state index contributed by atoms with van der Waals surface area (Å²) in [5.41, 5.74) is 5.80. The van der Waals surface area contributed by atoms with Gasteiger partial charge in [0.1, 0.15) is 5.75 Å². The number of methoxy groups -OCH3 is 1. The maximum absolute atomic E-state index is 13.2. The van der Waals surface area contributed by atoms with E-state index in [-0.39, 0.29) is 6.04 Å². The van der Waals surface area contributed by atoms with E-state index >= 15 is 0 Å². The van der Waals surface area contributed by atoms with Gasteiger partial charge >= 0.3 is 0 Å². The summed E-state index contributed by atoms with van der Waals surface area (Å²) in [6.07, 6.45) is 2.73. The van der Waals surface area contributed by atoms with Crippen molar-refractivity contribution in [1.82, 2.24) is 4.31 Å². The van der Waals surface area contributed by atoms with Crippen molar-refractivity contribution >= 4 is 20.8 Å². The summed E-state index contributed by atoms with van der Waals surface area (Å²) in [4.78, 5) is 0.328. The molecule has 1 saturated heterocycles. The molecule has 124 valence electrons. The second-order valence-electron chi connectivity index (χ2n) is 5.81. The molecule has 1 fully saturated rings. The Kier molecular flexibility index (Phi) is 4.57. The lowest BCUT2D eigenvalue weighted by Crippen LogP contribution is -2.47. The van der Waals surface area contributed by atoms with Gasteiger partial charge in [-0.1, -0.05) is 30.7 Å². The van der Waals surface area contributed by atoms with Crippen LogP contribution in [0.4, 0.5) is 0 Å². The first-order valence-electron chi connectivity index (χ1n) is 7.87. The lowest BCUT2D eigenvalue weighted by Gasteiger charge is -2.34. The second kappa shape index (κ2) is 6.47. The molecule has 1 unspecified atom stereocenters. The second-order valence-corrected chi connectivity index (χ2v) is 7.67. The van der Waals surface area contributed by atoms with Gasteiger partial charge < -0.3 is 10.5 Å². The average molecular weight is 334 g/mol. The van der Waals surface area contributed by atoms with E-state index in [1.807, 2.05) is 24.3 Å². The zero-order valence-corrected chi connectivity index (χ0v) is 14.1. The van der Waals surface area contributed by atoms with E-state index in [2.05, 4.69) is 0 Å². The van der Waals surface area contributed by atoms with E-state index in [4.69, 9.17) is 10.5 Å². The molecule has 0 aromatic heterocycles. The average Bonchev–Trinajstić information content (AvgIpc) is 2.60. The van der Waals surface area contributed by atoms with E-state index in [1.165, 1.54) is 0 Å². The first-order valence-corrected chi connectivity index (χ1v) is 9.31. The van der Waals surface area contributed by atoms with Crippen LogP contribution in [0.3, 0.4) is 0 Å². The van der Waals surface area contributed by atoms with Gasteiger partial charge in [0, 0.05) is 29.9 Å². The summed E-state index contributed by atoms with van der Waals surface area (Å²) < 4.78 is 33.3. The highest BCUT2D eigenvalue weighted by molar-refractivity contribution is 7.89. The number of ether oxygens (including phenoxy) is 1. The van der Waals surface area contributed by atoms with Crippen LogP contribution in [0, 0.1) is 0 Å². The quantitative estimate of drug-likeness (QED) is 0.931. The normalized spacial score (nSPS) is 19.8. The first-order chi connectivity index (χ1) is 11.1. The number of fused-ring (bicyclic) bond motifs is 1. The van der Waals surface area contributed by atoms with Crippen molar-refractivity contribution in [1.29, 1.82) is 0 Å². The molecule has 0 saturated carbocycles. The fourth-order valence-electron chi connectivity index (χ4n) is 3.30. The minimum Gasteiger partial charge on any atom is -0.496 e. The van der Waals surface area contributed by atoms with Crippen molar-refractivity contribution in [2.45, 2.75) is 30.2 Å². The van der Waals surface area contributed by atoms with Crippen molar-refractivity contribution in [2.75, 3.05) is 20.2 Å². The SMILES string of the molecule is COc1ccc(S(=O)(=O)N2CCCCC2CN)c2ccccc12. The molecule has 23 heavy (non-hydrogen) atoms. The molecular formula is C17H22N2O3S. The van der Waals surface area contributed by atoms with E-state index in [0.717, 1.165) is 24.6 Å². The van der Waals surface area contributed by atoms with Gasteiger partial charge in [-0.25, -0.2) is 8.42 Å². The summed E-state index contributed by atoms with van der Waals surface area (Å²) in [6.45, 7) is 0.887. The fourth-order valence-corrected chi connectivity index (χ4v) is 5.20. The van der Waals surface area contributed by atoms with Gasteiger partial charge in [-0.05, 0) is 25.0 Å². The highest BCUT2D eigenvalue weighted by Crippen LogP contribution is 2.34. The smallest absolute Gasteiger partial charge is 0.243 e. The van der Waals surface area contributed by atoms with E-state index < -0.39 is 10.0 Å². The predicted octanol–water partition coefficient (Wildman–Crippen LogP) is 2.35. The van der Waals surface area contributed by atoms with Crippen molar-refractivity contribution < 1.29 is 13.2 Å². The van der Waals surface area contributed by atoms with Crippen LogP contribution in [-0.2, 0) is 10.0 Å². The highest BCUT2D eigenvalue weighted by Gasteiger charge is 2.33. The molecule has 3 rings (SSSR count). The standard InChI is InChI=1S/C17H22N2O3S/c1-22-16-9-10-17(15-8-3-2-7-14(15)16)23(20,21)19-11-5-4-6-13(19)12-18/h2-3,7-10,13H,4-6,11-12,18H2,1H3. The van der Waals surface area contributed by atoms with Crippen molar-refractivity contribution in [3.63, 3.8) is 0 Å². The fraction of sp³-hybridized carbons (Fsp3) is 0.412. The molecule has 2 N–H and O–H groups in total. The first kappa shape index (κ1) is 16.2. The van der Waals surface area contributed by atoms with Crippen LogP contribution in [0.15, 0.2) is 41.3 Å². The molecule has 0 radical (unpaired) electrons. The molecule has 1 aliphatic heterocycles. The summed E-state index contributed by atoms with van der Waals surface area (Å²) >= 11 is 0. The minimum absolute atomic E-state index is 0.116. The third-order valence-corrected chi connectivity index (χ3v) is 6.51. The van der Waals surface area contributed by atoms with E-state index in [0.29, 0.717) is 29.1 Å². The van der Waals surface area contributed by atoms with Crippen LogP contribution >= 0.6 is 0 Å². The summed E-state index contributed by atoms with van der Waals surface area (Å²) in [6, 6.07) is 10.7. The van der Waals surface area contributed by atoms with Crippen molar-refractivity contribution in [3.05, 3.63) is 36.4 Å². The predicted molar refractivity (Wildman–Crippen MR) is 91.1 cm³/mol. The van der Waals surface area contributed by atoms with Gasteiger partial charge in [-0.3, -0.25) is 0 Å². The Morgan fingerprint density at radius 3 is 2.61 bits per heavy atom. The third kappa shape index (κ3) is 2.82. The number of sulfonamides is 1. The Balaban J connectivity index is 2.15. The van der Waals surface area contributed by atoms with Gasteiger partial charge in [-0.15, -0.1) is 0 Å². The van der Waals surface area contributed by atoms with Gasteiger partial charge in [0.05, 0.1) is 12.0 Å². The van der Waals surface area contributed by atoms with Gasteiger partial charge in [0.2, 0.25) is 10.0 Å². The summed E-state index contributed by atoms with van der Waals surface area (Å²) in [5.74, 6) is 0.675. The molecular weight excluding hydrogens is 312 g/mol. The van der Waals surface area contributed by atoms with Crippen LogP contribution in [0.25, 0.3) is 10.8 Å². The monoisotopic (exact) mass is 334 g/mol. The molecule has 0 spiro atoms. The minimum atomic E-state index is -3.58. The zero-order chi connectivity index (χ0) is 16.4. The Labute approximate surface area is 137 Å². The van der Waals surface area contributed by atoms with Crippen LogP contribution in [0.2, 0.25) is 0 Å². The van der Waals surface area contributed by atoms with Gasteiger partial charge in [0.15, 0.2) is 0 Å². The molecule has 2 aromatic carbocycles. The largest absolute Gasteiger partial charge is 0.496 e. The number of piperidine rings is 1.